The van der Waals surface area contributed by atoms with E-state index in [0.717, 1.165) is 103 Å². The van der Waals surface area contributed by atoms with Gasteiger partial charge in [0, 0.05) is 6.42 Å². The molecule has 0 bridgehead atoms. The molecule has 14 heteroatoms. The Morgan fingerprint density at radius 3 is 1.20 bits per heavy atom. The molecule has 2 rings (SSSR count). The molecule has 2 aliphatic heterocycles. The molecule has 92 heavy (non-hydrogen) atoms. The minimum Gasteiger partial charge on any atom is -0.394 e. The van der Waals surface area contributed by atoms with E-state index in [1.165, 1.54) is 122 Å². The van der Waals surface area contributed by atoms with E-state index in [-0.39, 0.29) is 18.9 Å². The lowest BCUT2D eigenvalue weighted by molar-refractivity contribution is -0.359. The number of hydrogen-bond donors (Lipinski definition) is 9. The third-order valence-electron chi connectivity index (χ3n) is 16.8. The number of allylic oxidation sites excluding steroid dienone is 21. The second-order valence-electron chi connectivity index (χ2n) is 25.0. The molecule has 0 aromatic carbocycles. The summed E-state index contributed by atoms with van der Waals surface area (Å²) >= 11 is 0. The highest BCUT2D eigenvalue weighted by atomic mass is 16.7. The zero-order chi connectivity index (χ0) is 66.6. The molecule has 526 valence electrons. The van der Waals surface area contributed by atoms with Crippen molar-refractivity contribution in [1.29, 1.82) is 0 Å². The first-order valence-corrected chi connectivity index (χ1v) is 36.4. The van der Waals surface area contributed by atoms with Gasteiger partial charge in [-0.1, -0.05) is 282 Å². The van der Waals surface area contributed by atoms with Crippen LogP contribution < -0.4 is 5.32 Å². The van der Waals surface area contributed by atoms with Crippen LogP contribution in [0.2, 0.25) is 0 Å². The summed E-state index contributed by atoms with van der Waals surface area (Å²) in [6, 6.07) is -0.945. The van der Waals surface area contributed by atoms with Crippen LogP contribution in [0.1, 0.15) is 258 Å². The van der Waals surface area contributed by atoms with Crippen molar-refractivity contribution in [3.05, 3.63) is 134 Å². The van der Waals surface area contributed by atoms with Gasteiger partial charge in [-0.05, 0) is 103 Å². The lowest BCUT2D eigenvalue weighted by Gasteiger charge is -2.46. The van der Waals surface area contributed by atoms with E-state index < -0.39 is 86.8 Å². The Hall–Kier alpha value is -3.87. The maximum absolute atomic E-state index is 13.3. The van der Waals surface area contributed by atoms with Gasteiger partial charge in [-0.3, -0.25) is 4.79 Å². The van der Waals surface area contributed by atoms with Gasteiger partial charge in [0.25, 0.3) is 0 Å². The summed E-state index contributed by atoms with van der Waals surface area (Å²) in [6.07, 6.45) is 73.6. The molecular weight excluding hydrogens is 1160 g/mol. The summed E-state index contributed by atoms with van der Waals surface area (Å²) < 4.78 is 22.8. The maximum atomic E-state index is 13.3. The SMILES string of the molecule is CC/C=C\C/C=C\C/C=C\C/C=C\C/C=C\C/C=C\C/C=C\C/C=C\C/C=C\CCCCCCCCCCCC(=O)NC(COC1OC(CO)C(OC2OC(CO)C(O)C(O)C2O)C(O)C1O)C(O)/C=C/CC/C=C/CCCCCCCCCCCCCCCCC. The normalized spacial score (nSPS) is 23.5. The summed E-state index contributed by atoms with van der Waals surface area (Å²) in [7, 11) is 0. The van der Waals surface area contributed by atoms with Crippen molar-refractivity contribution in [1.82, 2.24) is 5.32 Å². The Balaban J connectivity index is 1.67. The van der Waals surface area contributed by atoms with Crippen LogP contribution in [0.5, 0.6) is 0 Å². The average molecular weight is 1290 g/mol. The summed E-state index contributed by atoms with van der Waals surface area (Å²) in [4.78, 5) is 13.3. The molecule has 0 spiro atoms. The van der Waals surface area contributed by atoms with Crippen LogP contribution in [0.15, 0.2) is 134 Å². The summed E-state index contributed by atoms with van der Waals surface area (Å²) in [5.41, 5.74) is 0. The van der Waals surface area contributed by atoms with Gasteiger partial charge in [-0.2, -0.15) is 0 Å². The molecule has 2 heterocycles. The molecule has 2 saturated heterocycles. The molecule has 12 unspecified atom stereocenters. The molecule has 1 amide bonds. The maximum Gasteiger partial charge on any atom is 0.220 e. The third-order valence-corrected chi connectivity index (χ3v) is 16.8. The number of aliphatic hydroxyl groups excluding tert-OH is 8. The van der Waals surface area contributed by atoms with Crippen LogP contribution in [0.4, 0.5) is 0 Å². The predicted octanol–water partition coefficient (Wildman–Crippen LogP) is 15.5. The van der Waals surface area contributed by atoms with Crippen LogP contribution in [0.3, 0.4) is 0 Å². The predicted molar refractivity (Wildman–Crippen MR) is 378 cm³/mol. The largest absolute Gasteiger partial charge is 0.394 e. The second kappa shape index (κ2) is 60.8. The number of amides is 1. The van der Waals surface area contributed by atoms with E-state index in [4.69, 9.17) is 18.9 Å². The van der Waals surface area contributed by atoms with Crippen molar-refractivity contribution in [3.63, 3.8) is 0 Å². The van der Waals surface area contributed by atoms with Gasteiger partial charge in [0.05, 0.1) is 32.0 Å². The van der Waals surface area contributed by atoms with Crippen LogP contribution in [-0.4, -0.2) is 140 Å². The minimum absolute atomic E-state index is 0.258. The zero-order valence-electron chi connectivity index (χ0n) is 57.2. The second-order valence-corrected chi connectivity index (χ2v) is 25.0. The van der Waals surface area contributed by atoms with Gasteiger partial charge in [0.15, 0.2) is 12.6 Å². The third kappa shape index (κ3) is 44.0. The molecule has 2 fully saturated rings. The molecule has 2 aliphatic rings. The van der Waals surface area contributed by atoms with Crippen LogP contribution in [0, 0.1) is 0 Å². The number of nitrogens with one attached hydrogen (secondary N) is 1. The summed E-state index contributed by atoms with van der Waals surface area (Å²) in [6.45, 7) is 2.67. The van der Waals surface area contributed by atoms with Crippen molar-refractivity contribution in [2.24, 2.45) is 0 Å². The molecular formula is C78H131NO13. The topological polar surface area (TPSA) is 228 Å². The number of carbonyl (C=O) groups is 1. The van der Waals surface area contributed by atoms with Gasteiger partial charge in [0.2, 0.25) is 5.91 Å². The van der Waals surface area contributed by atoms with Gasteiger partial charge < -0.3 is 65.1 Å². The Kier molecular flexibility index (Phi) is 55.6. The number of rotatable bonds is 58. The van der Waals surface area contributed by atoms with Crippen molar-refractivity contribution in [3.8, 4) is 0 Å². The molecule has 0 aromatic heterocycles. The molecule has 0 radical (unpaired) electrons. The lowest BCUT2D eigenvalue weighted by Crippen LogP contribution is -2.65. The smallest absolute Gasteiger partial charge is 0.220 e. The highest BCUT2D eigenvalue weighted by molar-refractivity contribution is 5.76. The van der Waals surface area contributed by atoms with Gasteiger partial charge >= 0.3 is 0 Å². The summed E-state index contributed by atoms with van der Waals surface area (Å²) in [5, 5.41) is 87.4. The van der Waals surface area contributed by atoms with Gasteiger partial charge in [-0.25, -0.2) is 0 Å². The first kappa shape index (κ1) is 84.2. The number of ether oxygens (including phenoxy) is 4. The van der Waals surface area contributed by atoms with Crippen molar-refractivity contribution in [2.75, 3.05) is 19.8 Å². The highest BCUT2D eigenvalue weighted by Crippen LogP contribution is 2.30. The summed E-state index contributed by atoms with van der Waals surface area (Å²) in [5.74, 6) is -0.259. The van der Waals surface area contributed by atoms with E-state index in [1.807, 2.05) is 6.08 Å². The first-order valence-electron chi connectivity index (χ1n) is 36.4. The number of carbonyl (C=O) groups excluding carboxylic acids is 1. The quantitative estimate of drug-likeness (QED) is 0.0204. The number of hydrogen-bond acceptors (Lipinski definition) is 13. The fourth-order valence-corrected chi connectivity index (χ4v) is 11.1. The van der Waals surface area contributed by atoms with Gasteiger partial charge in [0.1, 0.15) is 48.8 Å². The first-order chi connectivity index (χ1) is 45.1. The van der Waals surface area contributed by atoms with Gasteiger partial charge in [-0.15, -0.1) is 0 Å². The average Bonchev–Trinajstić information content (AvgIpc) is 0.915. The molecule has 9 N–H and O–H groups in total. The number of aliphatic hydroxyl groups is 8. The Morgan fingerprint density at radius 1 is 0.402 bits per heavy atom. The zero-order valence-corrected chi connectivity index (χ0v) is 57.2. The number of unbranched alkanes of at least 4 members (excludes halogenated alkanes) is 25. The van der Waals surface area contributed by atoms with E-state index in [1.54, 1.807) is 6.08 Å². The van der Waals surface area contributed by atoms with Crippen LogP contribution in [0.25, 0.3) is 0 Å². The Bertz CT molecular complexity index is 2060. The fourth-order valence-electron chi connectivity index (χ4n) is 11.1. The van der Waals surface area contributed by atoms with Crippen molar-refractivity contribution in [2.45, 2.75) is 331 Å². The van der Waals surface area contributed by atoms with E-state index in [9.17, 15) is 45.6 Å². The monoisotopic (exact) mass is 1290 g/mol. The molecule has 0 saturated carbocycles. The van der Waals surface area contributed by atoms with Crippen LogP contribution >= 0.6 is 0 Å². The highest BCUT2D eigenvalue weighted by Gasteiger charge is 2.51. The van der Waals surface area contributed by atoms with Crippen molar-refractivity contribution >= 4 is 5.91 Å². The lowest BCUT2D eigenvalue weighted by atomic mass is 9.97. The van der Waals surface area contributed by atoms with E-state index >= 15 is 0 Å². The van der Waals surface area contributed by atoms with Crippen molar-refractivity contribution < 1.29 is 64.6 Å². The Labute approximate surface area is 558 Å². The molecule has 0 aromatic rings. The standard InChI is InChI=1S/C78H131NO13/c1-3-5-7-9-11-13-15-17-19-21-23-25-26-27-28-29-30-31-32-33-34-35-36-37-38-39-40-42-44-46-48-50-52-54-56-58-60-62-70(83)79-66(67(82)61-59-57-55-53-51-49-47-45-43-41-24-22-20-18-16-14-12-10-8-6-4-2)65-89-77-75(88)73(86)76(69(64-81)91-77)92-78-74(87)72(85)71(84)68(63-80)90-78/h5,7,11,13,17,19,23,25,27-28,30-31,33-34,36-37,39-40,51,53,59,61,66-69,71-78,80-82,84-88H,3-4,6,8-10,12,14-16,18,20-22,24,26,29,32,35,38,41-50,52,54-58,60,62-65H2,1-2H3,(H,79,83)/b7-5-,13-11-,19-17-,25-23-,28-27-,31-30-,34-33-,37-36-,40-39-,53-51+,61-59+. The minimum atomic E-state index is -1.80. The van der Waals surface area contributed by atoms with Crippen LogP contribution in [-0.2, 0) is 23.7 Å². The molecule has 12 atom stereocenters. The van der Waals surface area contributed by atoms with E-state index in [2.05, 4.69) is 141 Å². The fraction of sp³-hybridized carbons (Fsp3) is 0.705. The molecule has 0 aliphatic carbocycles. The van der Waals surface area contributed by atoms with E-state index in [0.29, 0.717) is 12.8 Å². The Morgan fingerprint density at radius 2 is 0.761 bits per heavy atom. The molecule has 14 nitrogen and oxygen atoms in total.